The van der Waals surface area contributed by atoms with Crippen molar-refractivity contribution in [3.63, 3.8) is 0 Å². The molecule has 2 amide bonds. The number of benzene rings is 2. The highest BCUT2D eigenvalue weighted by molar-refractivity contribution is 5.73. The van der Waals surface area contributed by atoms with Crippen LogP contribution in [0.1, 0.15) is 47.8 Å². The molecule has 2 aromatic carbocycles. The van der Waals surface area contributed by atoms with Crippen molar-refractivity contribution in [3.05, 3.63) is 114 Å². The van der Waals surface area contributed by atoms with Gasteiger partial charge >= 0.3 is 6.09 Å². The Kier molecular flexibility index (Phi) is 10.5. The van der Waals surface area contributed by atoms with Crippen molar-refractivity contribution in [2.24, 2.45) is 0 Å². The summed E-state index contributed by atoms with van der Waals surface area (Å²) >= 11 is 0. The van der Waals surface area contributed by atoms with E-state index in [1.807, 2.05) is 48.5 Å². The van der Waals surface area contributed by atoms with Gasteiger partial charge in [0.15, 0.2) is 5.65 Å². The van der Waals surface area contributed by atoms with Crippen LogP contribution in [-0.2, 0) is 22.4 Å². The first-order valence-corrected chi connectivity index (χ1v) is 16.4. The molecule has 1 fully saturated rings. The maximum absolute atomic E-state index is 12.4. The fraction of sp³-hybridized carbons (Fsp3) is 0.351. The highest BCUT2D eigenvalue weighted by Gasteiger charge is 2.31. The van der Waals surface area contributed by atoms with E-state index in [1.54, 1.807) is 13.3 Å². The highest BCUT2D eigenvalue weighted by atomic mass is 16.5. The molecule has 1 atom stereocenters. The zero-order valence-corrected chi connectivity index (χ0v) is 27.5. The van der Waals surface area contributed by atoms with Crippen molar-refractivity contribution in [1.29, 1.82) is 0 Å². The van der Waals surface area contributed by atoms with Crippen molar-refractivity contribution < 1.29 is 23.8 Å². The number of nitrogens with zero attached hydrogens (tertiary/aromatic N) is 6. The summed E-state index contributed by atoms with van der Waals surface area (Å²) in [5.41, 5.74) is 6.44. The summed E-state index contributed by atoms with van der Waals surface area (Å²) in [5.74, 6) is 0.689. The topological polar surface area (TPSA) is 117 Å². The molecule has 1 saturated heterocycles. The van der Waals surface area contributed by atoms with Crippen molar-refractivity contribution in [2.75, 3.05) is 53.0 Å². The lowest BCUT2D eigenvalue weighted by Gasteiger charge is -2.36. The van der Waals surface area contributed by atoms with Gasteiger partial charge in [-0.25, -0.2) is 14.8 Å². The first kappa shape index (κ1) is 32.9. The van der Waals surface area contributed by atoms with Gasteiger partial charge in [0, 0.05) is 64.9 Å². The molecule has 1 aliphatic rings. The molecule has 0 saturated carbocycles. The summed E-state index contributed by atoms with van der Waals surface area (Å²) in [4.78, 5) is 40.0. The molecule has 6 rings (SSSR count). The first-order chi connectivity index (χ1) is 23.4. The number of morpholine rings is 1. The Morgan fingerprint density at radius 2 is 1.62 bits per heavy atom. The van der Waals surface area contributed by atoms with Gasteiger partial charge in [-0.15, -0.1) is 0 Å². The normalized spacial score (nSPS) is 14.2. The number of furan rings is 1. The highest BCUT2D eigenvalue weighted by Crippen LogP contribution is 2.33. The summed E-state index contributed by atoms with van der Waals surface area (Å²) in [7, 11) is 1.68. The minimum absolute atomic E-state index is 0.103. The number of ether oxygens (including phenoxy) is 1. The largest absolute Gasteiger partial charge is 0.469 e. The molecule has 0 radical (unpaired) electrons. The number of aromatic nitrogens is 3. The Bertz CT molecular complexity index is 1800. The average Bonchev–Trinajstić information content (AvgIpc) is 3.75. The molecule has 4 heterocycles. The quantitative estimate of drug-likeness (QED) is 0.180. The van der Waals surface area contributed by atoms with Gasteiger partial charge < -0.3 is 24.1 Å². The smallest absolute Gasteiger partial charge is 0.407 e. The number of imidazole rings is 1. The molecule has 1 N–H and O–H groups in total. The van der Waals surface area contributed by atoms with Crippen molar-refractivity contribution in [2.45, 2.75) is 32.2 Å². The molecule has 0 bridgehead atoms. The molecule has 1 aliphatic heterocycles. The Morgan fingerprint density at radius 1 is 0.896 bits per heavy atom. The second kappa shape index (κ2) is 15.3. The lowest BCUT2D eigenvalue weighted by molar-refractivity contribution is -0.127. The molecule has 250 valence electrons. The fourth-order valence-corrected chi connectivity index (χ4v) is 6.28. The van der Waals surface area contributed by atoms with Crippen molar-refractivity contribution >= 4 is 17.6 Å². The summed E-state index contributed by atoms with van der Waals surface area (Å²) < 4.78 is 13.8. The van der Waals surface area contributed by atoms with Crippen molar-refractivity contribution in [1.82, 2.24) is 29.1 Å². The van der Waals surface area contributed by atoms with Crippen LogP contribution in [0.5, 0.6) is 0 Å². The van der Waals surface area contributed by atoms with Crippen LogP contribution in [0.15, 0.2) is 89.7 Å². The second-order valence-corrected chi connectivity index (χ2v) is 12.2. The molecule has 5 aromatic rings. The first-order valence-electron chi connectivity index (χ1n) is 16.4. The third-order valence-corrected chi connectivity index (χ3v) is 8.98. The predicted octanol–water partition coefficient (Wildman–Crippen LogP) is 5.39. The third kappa shape index (κ3) is 7.75. The minimum atomic E-state index is -1.01. The van der Waals surface area contributed by atoms with E-state index in [-0.39, 0.29) is 25.0 Å². The van der Waals surface area contributed by atoms with Crippen LogP contribution in [0.4, 0.5) is 4.79 Å². The summed E-state index contributed by atoms with van der Waals surface area (Å²) in [6.45, 7) is 4.87. The lowest BCUT2D eigenvalue weighted by Crippen LogP contribution is -2.43. The fourth-order valence-electron chi connectivity index (χ4n) is 6.28. The van der Waals surface area contributed by atoms with E-state index in [9.17, 15) is 14.7 Å². The lowest BCUT2D eigenvalue weighted by atomic mass is 10.0. The number of hydrogen-bond donors (Lipinski definition) is 1. The van der Waals surface area contributed by atoms with Gasteiger partial charge in [0.05, 0.1) is 54.7 Å². The molecule has 0 spiro atoms. The van der Waals surface area contributed by atoms with Gasteiger partial charge in [0.25, 0.3) is 0 Å². The number of likely N-dealkylation sites (N-methyl/N-ethyl adjacent to an activating group) is 1. The second-order valence-electron chi connectivity index (χ2n) is 12.2. The van der Waals surface area contributed by atoms with Crippen LogP contribution >= 0.6 is 0 Å². The van der Waals surface area contributed by atoms with E-state index in [0.717, 1.165) is 45.3 Å². The maximum atomic E-state index is 12.4. The van der Waals surface area contributed by atoms with Crippen LogP contribution in [0, 0.1) is 0 Å². The molecule has 11 nitrogen and oxygen atoms in total. The molecule has 0 aliphatic carbocycles. The predicted molar refractivity (Wildman–Crippen MR) is 182 cm³/mol. The van der Waals surface area contributed by atoms with Gasteiger partial charge in [0.2, 0.25) is 5.91 Å². The number of hydrogen-bond acceptors (Lipinski definition) is 7. The van der Waals surface area contributed by atoms with E-state index >= 15 is 0 Å². The molecule has 3 aromatic heterocycles. The zero-order chi connectivity index (χ0) is 33.5. The van der Waals surface area contributed by atoms with Gasteiger partial charge in [-0.1, -0.05) is 60.7 Å². The molecule has 1 unspecified atom stereocenters. The molecular weight excluding hydrogens is 608 g/mol. The molecular formula is C37H42N6O5. The summed E-state index contributed by atoms with van der Waals surface area (Å²) in [6.07, 6.45) is 4.32. The molecule has 11 heteroatoms. The van der Waals surface area contributed by atoms with Crippen LogP contribution in [-0.4, -0.2) is 99.2 Å². The van der Waals surface area contributed by atoms with Crippen LogP contribution in [0.2, 0.25) is 0 Å². The monoisotopic (exact) mass is 650 g/mol. The number of amides is 2. The Labute approximate surface area is 280 Å². The van der Waals surface area contributed by atoms with E-state index in [1.165, 1.54) is 16.7 Å². The van der Waals surface area contributed by atoms with Crippen LogP contribution < -0.4 is 0 Å². The Morgan fingerprint density at radius 3 is 2.29 bits per heavy atom. The van der Waals surface area contributed by atoms with Gasteiger partial charge in [-0.3, -0.25) is 14.1 Å². The molecule has 48 heavy (non-hydrogen) atoms. The van der Waals surface area contributed by atoms with Crippen LogP contribution in [0.25, 0.3) is 16.9 Å². The zero-order valence-electron chi connectivity index (χ0n) is 27.5. The minimum Gasteiger partial charge on any atom is -0.469 e. The van der Waals surface area contributed by atoms with E-state index in [2.05, 4.69) is 39.8 Å². The number of carbonyl (C=O) groups excluding carboxylic acids is 1. The average molecular weight is 651 g/mol. The van der Waals surface area contributed by atoms with E-state index < -0.39 is 6.09 Å². The summed E-state index contributed by atoms with van der Waals surface area (Å²) in [6, 6.07) is 24.0. The number of rotatable bonds is 13. The van der Waals surface area contributed by atoms with E-state index in [0.29, 0.717) is 52.1 Å². The van der Waals surface area contributed by atoms with Gasteiger partial charge in [-0.2, -0.15) is 0 Å². The SMILES string of the molecule is CC(=O)N(C)CCN(CCC(c1c(Cc2ccco2)nc2c(Cc3ccccc3)nc(-c3ccccc3)cn12)N1CCOCC1)C(=O)O. The summed E-state index contributed by atoms with van der Waals surface area (Å²) in [5, 5.41) is 10.2. The maximum Gasteiger partial charge on any atom is 0.407 e. The Balaban J connectivity index is 1.48. The number of carboxylic acid groups (broad SMARTS) is 1. The van der Waals surface area contributed by atoms with E-state index in [4.69, 9.17) is 19.1 Å². The standard InChI is InChI=1S/C37H42N6O5/c1-27(44)40(2)17-18-42(37(45)46)16-15-34(41-19-22-47-23-20-41)35-31(25-30-14-9-21-48-30)39-36-32(24-28-10-5-3-6-11-28)38-33(26-43(35)36)29-12-7-4-8-13-29/h3-14,21,26,34H,15-20,22-25H2,1-2H3,(H,45,46). The Hall–Kier alpha value is -5.00. The van der Waals surface area contributed by atoms with Gasteiger partial charge in [0.1, 0.15) is 5.76 Å². The third-order valence-electron chi connectivity index (χ3n) is 8.98. The number of carbonyl (C=O) groups is 2. The van der Waals surface area contributed by atoms with Crippen LogP contribution in [0.3, 0.4) is 0 Å². The van der Waals surface area contributed by atoms with Crippen molar-refractivity contribution in [3.8, 4) is 11.3 Å². The van der Waals surface area contributed by atoms with Gasteiger partial charge in [-0.05, 0) is 24.1 Å². The number of fused-ring (bicyclic) bond motifs is 1.